The zero-order chi connectivity index (χ0) is 18.9. The van der Waals surface area contributed by atoms with Gasteiger partial charge in [-0.25, -0.2) is 4.79 Å². The molecule has 1 saturated heterocycles. The van der Waals surface area contributed by atoms with Crippen molar-refractivity contribution in [2.45, 2.75) is 45.6 Å². The van der Waals surface area contributed by atoms with Crippen LogP contribution in [0.2, 0.25) is 0 Å². The lowest BCUT2D eigenvalue weighted by Crippen LogP contribution is -2.49. The summed E-state index contributed by atoms with van der Waals surface area (Å²) in [6, 6.07) is 6.76. The number of anilines is 1. The average Bonchev–Trinajstić information content (AvgIpc) is 2.67. The van der Waals surface area contributed by atoms with Crippen LogP contribution in [0.3, 0.4) is 0 Å². The summed E-state index contributed by atoms with van der Waals surface area (Å²) < 4.78 is 4.83. The summed E-state index contributed by atoms with van der Waals surface area (Å²) in [5.74, 6) is -0.520. The first kappa shape index (κ1) is 19.7. The van der Waals surface area contributed by atoms with Gasteiger partial charge in [0.1, 0.15) is 6.04 Å². The Morgan fingerprint density at radius 1 is 1.19 bits per heavy atom. The highest BCUT2D eigenvalue weighted by Crippen LogP contribution is 2.20. The zero-order valence-electron chi connectivity index (χ0n) is 15.4. The van der Waals surface area contributed by atoms with Gasteiger partial charge in [0.2, 0.25) is 11.8 Å². The van der Waals surface area contributed by atoms with Crippen molar-refractivity contribution in [3.8, 4) is 0 Å². The molecule has 2 amide bonds. The van der Waals surface area contributed by atoms with Gasteiger partial charge < -0.3 is 15.0 Å². The number of hydrogen-bond acceptors (Lipinski definition) is 4. The van der Waals surface area contributed by atoms with E-state index in [2.05, 4.69) is 5.32 Å². The molecule has 2 rings (SSSR count). The van der Waals surface area contributed by atoms with Crippen LogP contribution in [0.1, 0.15) is 45.1 Å². The molecule has 1 N–H and O–H groups in total. The molecule has 6 heteroatoms. The first-order valence-corrected chi connectivity index (χ1v) is 9.10. The van der Waals surface area contributed by atoms with Crippen LogP contribution in [-0.2, 0) is 19.1 Å². The standard InChI is InChI=1S/C20H26N2O4/c1-3-18(23)22-14-6-5-7-17(22)20(25)21-16-11-8-15(9-12-16)10-13-19(24)26-4-2/h8-13,17H,3-7,14H2,1-2H3,(H,21,25). The van der Waals surface area contributed by atoms with Crippen LogP contribution in [0.15, 0.2) is 30.3 Å². The number of hydrogen-bond donors (Lipinski definition) is 1. The number of carbonyl (C=O) groups is 3. The highest BCUT2D eigenvalue weighted by molar-refractivity contribution is 5.97. The lowest BCUT2D eigenvalue weighted by Gasteiger charge is -2.34. The van der Waals surface area contributed by atoms with Crippen molar-refractivity contribution < 1.29 is 19.1 Å². The van der Waals surface area contributed by atoms with E-state index in [9.17, 15) is 14.4 Å². The van der Waals surface area contributed by atoms with Crippen molar-refractivity contribution in [2.24, 2.45) is 0 Å². The average molecular weight is 358 g/mol. The number of rotatable bonds is 6. The van der Waals surface area contributed by atoms with Gasteiger partial charge in [0.05, 0.1) is 6.61 Å². The van der Waals surface area contributed by atoms with Crippen molar-refractivity contribution in [1.82, 2.24) is 4.90 Å². The molecule has 1 aliphatic heterocycles. The molecule has 1 heterocycles. The second kappa shape index (κ2) is 9.75. The molecule has 0 bridgehead atoms. The van der Waals surface area contributed by atoms with E-state index in [0.717, 1.165) is 18.4 Å². The number of esters is 1. The van der Waals surface area contributed by atoms with Crippen LogP contribution in [0.5, 0.6) is 0 Å². The van der Waals surface area contributed by atoms with E-state index in [1.165, 1.54) is 6.08 Å². The molecule has 0 aromatic heterocycles. The van der Waals surface area contributed by atoms with Crippen molar-refractivity contribution in [3.63, 3.8) is 0 Å². The maximum absolute atomic E-state index is 12.6. The van der Waals surface area contributed by atoms with E-state index < -0.39 is 6.04 Å². The Balaban J connectivity index is 1.98. The Morgan fingerprint density at radius 3 is 2.58 bits per heavy atom. The molecule has 1 aromatic carbocycles. The maximum atomic E-state index is 12.6. The molecular weight excluding hydrogens is 332 g/mol. The van der Waals surface area contributed by atoms with Crippen molar-refractivity contribution in [1.29, 1.82) is 0 Å². The highest BCUT2D eigenvalue weighted by Gasteiger charge is 2.31. The van der Waals surface area contributed by atoms with E-state index >= 15 is 0 Å². The molecule has 1 aromatic rings. The normalized spacial score (nSPS) is 17.2. The van der Waals surface area contributed by atoms with Gasteiger partial charge in [0, 0.05) is 24.7 Å². The minimum atomic E-state index is -0.403. The number of nitrogens with one attached hydrogen (secondary N) is 1. The van der Waals surface area contributed by atoms with Crippen molar-refractivity contribution in [3.05, 3.63) is 35.9 Å². The van der Waals surface area contributed by atoms with E-state index in [1.807, 2.05) is 6.92 Å². The second-order valence-corrected chi connectivity index (χ2v) is 6.15. The maximum Gasteiger partial charge on any atom is 0.330 e. The lowest BCUT2D eigenvalue weighted by molar-refractivity contribution is -0.140. The Bertz CT molecular complexity index is 667. The molecular formula is C20H26N2O4. The van der Waals surface area contributed by atoms with Gasteiger partial charge in [-0.3, -0.25) is 9.59 Å². The minimum Gasteiger partial charge on any atom is -0.463 e. The molecule has 0 radical (unpaired) electrons. The molecule has 0 aliphatic carbocycles. The largest absolute Gasteiger partial charge is 0.463 e. The van der Waals surface area contributed by atoms with Gasteiger partial charge >= 0.3 is 5.97 Å². The number of ether oxygens (including phenoxy) is 1. The van der Waals surface area contributed by atoms with E-state index in [4.69, 9.17) is 4.74 Å². The summed E-state index contributed by atoms with van der Waals surface area (Å²) in [7, 11) is 0. The zero-order valence-corrected chi connectivity index (χ0v) is 15.4. The number of nitrogens with zero attached hydrogens (tertiary/aromatic N) is 1. The Labute approximate surface area is 154 Å². The summed E-state index contributed by atoms with van der Waals surface area (Å²) in [6.45, 7) is 4.55. The molecule has 0 saturated carbocycles. The number of amides is 2. The third kappa shape index (κ3) is 5.44. The fourth-order valence-electron chi connectivity index (χ4n) is 2.96. The van der Waals surface area contributed by atoms with Crippen molar-refractivity contribution >= 4 is 29.5 Å². The molecule has 1 aliphatic rings. The summed E-state index contributed by atoms with van der Waals surface area (Å²) in [5.41, 5.74) is 1.49. The summed E-state index contributed by atoms with van der Waals surface area (Å²) >= 11 is 0. The van der Waals surface area contributed by atoms with Gasteiger partial charge in [-0.15, -0.1) is 0 Å². The fourth-order valence-corrected chi connectivity index (χ4v) is 2.96. The van der Waals surface area contributed by atoms with Crippen LogP contribution in [0.25, 0.3) is 6.08 Å². The lowest BCUT2D eigenvalue weighted by atomic mass is 10.0. The summed E-state index contributed by atoms with van der Waals surface area (Å²) in [6.07, 6.45) is 6.02. The third-order valence-corrected chi connectivity index (χ3v) is 4.30. The quantitative estimate of drug-likeness (QED) is 0.626. The highest BCUT2D eigenvalue weighted by atomic mass is 16.5. The van der Waals surface area contributed by atoms with Crippen molar-refractivity contribution in [2.75, 3.05) is 18.5 Å². The number of piperidine rings is 1. The minimum absolute atomic E-state index is 0.0179. The van der Waals surface area contributed by atoms with E-state index in [0.29, 0.717) is 31.7 Å². The molecule has 6 nitrogen and oxygen atoms in total. The topological polar surface area (TPSA) is 75.7 Å². The molecule has 26 heavy (non-hydrogen) atoms. The monoisotopic (exact) mass is 358 g/mol. The van der Waals surface area contributed by atoms with Gasteiger partial charge in [-0.1, -0.05) is 19.1 Å². The Morgan fingerprint density at radius 2 is 1.92 bits per heavy atom. The second-order valence-electron chi connectivity index (χ2n) is 6.15. The van der Waals surface area contributed by atoms with Gasteiger partial charge in [-0.2, -0.15) is 0 Å². The fraction of sp³-hybridized carbons (Fsp3) is 0.450. The molecule has 0 spiro atoms. The predicted molar refractivity (Wildman–Crippen MR) is 100 cm³/mol. The number of likely N-dealkylation sites (tertiary alicyclic amines) is 1. The van der Waals surface area contributed by atoms with Crippen LogP contribution in [-0.4, -0.2) is 41.9 Å². The van der Waals surface area contributed by atoms with Crippen LogP contribution >= 0.6 is 0 Å². The number of carbonyl (C=O) groups excluding carboxylic acids is 3. The van der Waals surface area contributed by atoms with Gasteiger partial charge in [0.15, 0.2) is 0 Å². The molecule has 1 fully saturated rings. The van der Waals surface area contributed by atoms with Crippen LogP contribution < -0.4 is 5.32 Å². The van der Waals surface area contributed by atoms with Gasteiger partial charge in [-0.05, 0) is 50.0 Å². The first-order valence-electron chi connectivity index (χ1n) is 9.10. The SMILES string of the molecule is CCOC(=O)C=Cc1ccc(NC(=O)C2CCCCN2C(=O)CC)cc1. The first-order chi connectivity index (χ1) is 12.5. The summed E-state index contributed by atoms with van der Waals surface area (Å²) in [5, 5.41) is 2.88. The third-order valence-electron chi connectivity index (χ3n) is 4.30. The van der Waals surface area contributed by atoms with Gasteiger partial charge in [0.25, 0.3) is 0 Å². The summed E-state index contributed by atoms with van der Waals surface area (Å²) in [4.78, 5) is 37.6. The Hall–Kier alpha value is -2.63. The van der Waals surface area contributed by atoms with Crippen LogP contribution in [0, 0.1) is 0 Å². The Kier molecular flexibility index (Phi) is 7.38. The molecule has 1 unspecified atom stereocenters. The smallest absolute Gasteiger partial charge is 0.330 e. The molecule has 1 atom stereocenters. The molecule has 140 valence electrons. The van der Waals surface area contributed by atoms with E-state index in [1.54, 1.807) is 42.2 Å². The van der Waals surface area contributed by atoms with Crippen LogP contribution in [0.4, 0.5) is 5.69 Å². The van der Waals surface area contributed by atoms with E-state index in [-0.39, 0.29) is 17.8 Å². The predicted octanol–water partition coefficient (Wildman–Crippen LogP) is 2.99. The number of benzene rings is 1.